The first-order valence-electron chi connectivity index (χ1n) is 11.6. The van der Waals surface area contributed by atoms with E-state index in [4.69, 9.17) is 9.15 Å². The minimum Gasteiger partial charge on any atom is -0.466 e. The molecule has 3 nitrogen and oxygen atoms in total. The SMILES string of the molecule is C=C(SCCC(CCCC)c1oc2cc(C)ccc2c1C)SC(CC(=O)OCC)=C(C)C. The highest BCUT2D eigenvalue weighted by molar-refractivity contribution is 8.23. The molecule has 1 aromatic heterocycles. The van der Waals surface area contributed by atoms with Gasteiger partial charge in [-0.25, -0.2) is 0 Å². The van der Waals surface area contributed by atoms with Crippen LogP contribution in [-0.4, -0.2) is 18.3 Å². The Morgan fingerprint density at radius 3 is 2.59 bits per heavy atom. The molecule has 5 heteroatoms. The summed E-state index contributed by atoms with van der Waals surface area (Å²) in [7, 11) is 0. The number of aryl methyl sites for hydroxylation is 2. The second-order valence-corrected chi connectivity index (χ2v) is 11.1. The first-order chi connectivity index (χ1) is 15.3. The lowest BCUT2D eigenvalue weighted by atomic mass is 9.93. The van der Waals surface area contributed by atoms with E-state index in [2.05, 4.69) is 45.5 Å². The van der Waals surface area contributed by atoms with Crippen molar-refractivity contribution in [1.82, 2.24) is 0 Å². The lowest BCUT2D eigenvalue weighted by Gasteiger charge is -2.16. The first-order valence-corrected chi connectivity index (χ1v) is 13.4. The molecule has 0 amide bonds. The van der Waals surface area contributed by atoms with Crippen LogP contribution in [0.15, 0.2) is 43.9 Å². The molecule has 2 aromatic rings. The van der Waals surface area contributed by atoms with Crippen molar-refractivity contribution in [2.24, 2.45) is 0 Å². The molecular weight excluding hydrogens is 436 g/mol. The van der Waals surface area contributed by atoms with Gasteiger partial charge in [0.2, 0.25) is 0 Å². The van der Waals surface area contributed by atoms with E-state index >= 15 is 0 Å². The molecule has 1 unspecified atom stereocenters. The summed E-state index contributed by atoms with van der Waals surface area (Å²) in [6.07, 6.45) is 4.88. The fourth-order valence-electron chi connectivity index (χ4n) is 3.74. The van der Waals surface area contributed by atoms with Crippen molar-refractivity contribution in [2.75, 3.05) is 12.4 Å². The molecular formula is C27H38O3S2. The largest absolute Gasteiger partial charge is 0.466 e. The van der Waals surface area contributed by atoms with E-state index in [-0.39, 0.29) is 5.97 Å². The summed E-state index contributed by atoms with van der Waals surface area (Å²) in [5.74, 6) is 2.36. The van der Waals surface area contributed by atoms with Crippen molar-refractivity contribution in [3.63, 3.8) is 0 Å². The zero-order valence-corrected chi connectivity index (χ0v) is 22.1. The topological polar surface area (TPSA) is 39.4 Å². The van der Waals surface area contributed by atoms with Crippen molar-refractivity contribution < 1.29 is 13.9 Å². The highest BCUT2D eigenvalue weighted by Gasteiger charge is 2.20. The van der Waals surface area contributed by atoms with Crippen molar-refractivity contribution >= 4 is 40.5 Å². The molecule has 0 N–H and O–H groups in total. The van der Waals surface area contributed by atoms with Crippen LogP contribution in [-0.2, 0) is 9.53 Å². The summed E-state index contributed by atoms with van der Waals surface area (Å²) >= 11 is 3.38. The lowest BCUT2D eigenvalue weighted by Crippen LogP contribution is -2.04. The van der Waals surface area contributed by atoms with E-state index in [1.165, 1.54) is 29.4 Å². The molecule has 0 aliphatic rings. The van der Waals surface area contributed by atoms with Crippen LogP contribution in [0.4, 0.5) is 0 Å². The third-order valence-electron chi connectivity index (χ3n) is 5.54. The van der Waals surface area contributed by atoms with Crippen LogP contribution in [0.5, 0.6) is 0 Å². The Kier molecular flexibility index (Phi) is 11.0. The van der Waals surface area contributed by atoms with Crippen LogP contribution in [0.1, 0.15) is 82.6 Å². The van der Waals surface area contributed by atoms with E-state index in [1.807, 2.05) is 20.8 Å². The lowest BCUT2D eigenvalue weighted by molar-refractivity contribution is -0.142. The average Bonchev–Trinajstić information content (AvgIpc) is 3.05. The van der Waals surface area contributed by atoms with Crippen LogP contribution in [0.2, 0.25) is 0 Å². The molecule has 0 saturated carbocycles. The zero-order chi connectivity index (χ0) is 23.7. The average molecular weight is 475 g/mol. The number of thioether (sulfide) groups is 2. The van der Waals surface area contributed by atoms with Gasteiger partial charge in [0.05, 0.1) is 13.0 Å². The summed E-state index contributed by atoms with van der Waals surface area (Å²) < 4.78 is 12.5. The molecule has 32 heavy (non-hydrogen) atoms. The molecule has 2 rings (SSSR count). The second kappa shape index (κ2) is 13.2. The summed E-state index contributed by atoms with van der Waals surface area (Å²) in [6, 6.07) is 6.48. The maximum atomic E-state index is 11.9. The van der Waals surface area contributed by atoms with Crippen LogP contribution in [0, 0.1) is 13.8 Å². The Morgan fingerprint density at radius 1 is 1.19 bits per heavy atom. The highest BCUT2D eigenvalue weighted by atomic mass is 32.2. The maximum absolute atomic E-state index is 11.9. The van der Waals surface area contributed by atoms with Gasteiger partial charge in [0, 0.05) is 20.4 Å². The highest BCUT2D eigenvalue weighted by Crippen LogP contribution is 2.40. The molecule has 1 heterocycles. The van der Waals surface area contributed by atoms with Gasteiger partial charge in [0.1, 0.15) is 11.3 Å². The Balaban J connectivity index is 2.02. The normalized spacial score (nSPS) is 12.1. The number of unbranched alkanes of at least 4 members (excludes halogenated alkanes) is 1. The van der Waals surface area contributed by atoms with Crippen molar-refractivity contribution in [3.8, 4) is 0 Å². The fourth-order valence-corrected chi connectivity index (χ4v) is 5.82. The molecule has 1 aromatic carbocycles. The van der Waals surface area contributed by atoms with Gasteiger partial charge >= 0.3 is 5.97 Å². The molecule has 0 bridgehead atoms. The number of rotatable bonds is 13. The van der Waals surface area contributed by atoms with Crippen LogP contribution < -0.4 is 0 Å². The Bertz CT molecular complexity index is 951. The van der Waals surface area contributed by atoms with Gasteiger partial charge in [-0.05, 0) is 70.4 Å². The van der Waals surface area contributed by atoms with E-state index < -0.39 is 0 Å². The second-order valence-electron chi connectivity index (χ2n) is 8.45. The van der Waals surface area contributed by atoms with Crippen LogP contribution in [0.25, 0.3) is 11.0 Å². The molecule has 0 spiro atoms. The van der Waals surface area contributed by atoms with Crippen molar-refractivity contribution in [1.29, 1.82) is 0 Å². The number of esters is 1. The van der Waals surface area contributed by atoms with Gasteiger partial charge in [-0.15, -0.1) is 11.8 Å². The van der Waals surface area contributed by atoms with Gasteiger partial charge < -0.3 is 9.15 Å². The van der Waals surface area contributed by atoms with E-state index in [9.17, 15) is 4.79 Å². The number of benzene rings is 1. The van der Waals surface area contributed by atoms with Gasteiger partial charge in [-0.2, -0.15) is 0 Å². The number of carbonyl (C=O) groups is 1. The maximum Gasteiger partial charge on any atom is 0.310 e. The number of ether oxygens (including phenoxy) is 1. The molecule has 0 aliphatic heterocycles. The predicted octanol–water partition coefficient (Wildman–Crippen LogP) is 8.90. The number of hydrogen-bond donors (Lipinski definition) is 0. The Hall–Kier alpha value is -1.59. The monoisotopic (exact) mass is 474 g/mol. The zero-order valence-electron chi connectivity index (χ0n) is 20.5. The van der Waals surface area contributed by atoms with E-state index in [0.717, 1.165) is 44.7 Å². The molecule has 1 atom stereocenters. The van der Waals surface area contributed by atoms with Crippen LogP contribution >= 0.6 is 23.5 Å². The third kappa shape index (κ3) is 7.77. The summed E-state index contributed by atoms with van der Waals surface area (Å²) in [5.41, 5.74) is 4.64. The molecule has 0 aliphatic carbocycles. The third-order valence-corrected chi connectivity index (χ3v) is 7.93. The number of fused-ring (bicyclic) bond motifs is 1. The minimum atomic E-state index is -0.177. The number of hydrogen-bond acceptors (Lipinski definition) is 5. The van der Waals surface area contributed by atoms with Gasteiger partial charge in [-0.1, -0.05) is 55.8 Å². The Labute approximate surface area is 202 Å². The standard InChI is InChI=1S/C27H38O3S2/c1-8-10-11-22(27-20(6)23-13-12-19(5)16-24(23)30-27)14-15-31-21(7)32-25(18(3)4)17-26(28)29-9-2/h12-13,16,22H,7-11,14-15,17H2,1-6H3. The summed E-state index contributed by atoms with van der Waals surface area (Å²) in [6.45, 7) is 17.1. The Morgan fingerprint density at radius 2 is 1.94 bits per heavy atom. The van der Waals surface area contributed by atoms with E-state index in [0.29, 0.717) is 18.9 Å². The van der Waals surface area contributed by atoms with Gasteiger partial charge in [-0.3, -0.25) is 4.79 Å². The number of carbonyl (C=O) groups excluding carboxylic acids is 1. The van der Waals surface area contributed by atoms with Crippen molar-refractivity contribution in [2.45, 2.75) is 79.6 Å². The number of furan rings is 1. The number of allylic oxidation sites excluding steroid dienone is 1. The summed E-state index contributed by atoms with van der Waals surface area (Å²) in [4.78, 5) is 12.9. The molecule has 0 fully saturated rings. The summed E-state index contributed by atoms with van der Waals surface area (Å²) in [5, 5.41) is 1.23. The smallest absolute Gasteiger partial charge is 0.310 e. The van der Waals surface area contributed by atoms with E-state index in [1.54, 1.807) is 23.5 Å². The van der Waals surface area contributed by atoms with Gasteiger partial charge in [0.15, 0.2) is 0 Å². The fraction of sp³-hybridized carbons (Fsp3) is 0.519. The quantitative estimate of drug-likeness (QED) is 0.271. The minimum absolute atomic E-state index is 0.177. The van der Waals surface area contributed by atoms with Crippen LogP contribution in [0.3, 0.4) is 0 Å². The molecule has 0 saturated heterocycles. The van der Waals surface area contributed by atoms with Crippen molar-refractivity contribution in [3.05, 3.63) is 56.4 Å². The van der Waals surface area contributed by atoms with Gasteiger partial charge in [0.25, 0.3) is 0 Å². The predicted molar refractivity (Wildman–Crippen MR) is 141 cm³/mol. The molecule has 176 valence electrons. The molecule has 0 radical (unpaired) electrons. The first kappa shape index (κ1) is 26.7.